The second-order valence-corrected chi connectivity index (χ2v) is 5.90. The van der Waals surface area contributed by atoms with Crippen molar-refractivity contribution in [2.75, 3.05) is 7.11 Å². The predicted molar refractivity (Wildman–Crippen MR) is 92.7 cm³/mol. The third-order valence-electron chi connectivity index (χ3n) is 3.83. The minimum absolute atomic E-state index is 0.0352. The first-order valence-corrected chi connectivity index (χ1v) is 8.17. The Hall–Kier alpha value is -2.48. The molecule has 0 aliphatic carbocycles. The van der Waals surface area contributed by atoms with Gasteiger partial charge in [-0.25, -0.2) is 0 Å². The summed E-state index contributed by atoms with van der Waals surface area (Å²) in [6, 6.07) is 8.29. The van der Waals surface area contributed by atoms with Crippen LogP contribution in [0, 0.1) is 13.8 Å². The van der Waals surface area contributed by atoms with Crippen LogP contribution in [0.15, 0.2) is 30.3 Å². The van der Waals surface area contributed by atoms with E-state index in [1.165, 1.54) is 13.2 Å². The average Bonchev–Trinajstić information content (AvgIpc) is 2.58. The molecular weight excluding hydrogens is 366 g/mol. The molecule has 0 amide bonds. The molecule has 0 saturated heterocycles. The van der Waals surface area contributed by atoms with Crippen molar-refractivity contribution in [3.63, 3.8) is 0 Å². The Bertz CT molecular complexity index is 746. The fraction of sp³-hybridized carbons (Fsp3) is 0.368. The van der Waals surface area contributed by atoms with E-state index in [0.717, 1.165) is 11.1 Å². The Morgan fingerprint density at radius 2 is 1.41 bits per heavy atom. The quantitative estimate of drug-likeness (QED) is 0.627. The van der Waals surface area contributed by atoms with Crippen LogP contribution in [0.2, 0.25) is 0 Å². The van der Waals surface area contributed by atoms with Crippen molar-refractivity contribution in [3.8, 4) is 17.2 Å². The third-order valence-corrected chi connectivity index (χ3v) is 3.83. The highest BCUT2D eigenvalue weighted by molar-refractivity contribution is 5.44. The largest absolute Gasteiger partial charge is 0.493 e. The normalized spacial score (nSPS) is 11.1. The number of hydrogen-bond donors (Lipinski definition) is 1. The molecule has 0 heterocycles. The van der Waals surface area contributed by atoms with Gasteiger partial charge in [0.25, 0.3) is 0 Å². The van der Waals surface area contributed by atoms with Crippen molar-refractivity contribution in [1.82, 2.24) is 5.32 Å². The predicted octanol–water partition coefficient (Wildman–Crippen LogP) is 4.80. The lowest BCUT2D eigenvalue weighted by molar-refractivity contribution is -0.0516. The van der Waals surface area contributed by atoms with Gasteiger partial charge >= 0.3 is 13.2 Å². The molecule has 0 atom stereocenters. The zero-order valence-electron chi connectivity index (χ0n) is 15.2. The first-order chi connectivity index (χ1) is 12.8. The number of nitrogens with one attached hydrogen (secondary N) is 1. The molecule has 27 heavy (non-hydrogen) atoms. The lowest BCUT2D eigenvalue weighted by Crippen LogP contribution is -2.14. The molecule has 0 saturated carbocycles. The SMILES string of the molecule is COc1ccc(CNCc2cc(C)c(OC(F)F)c(C)c2)cc1OC(F)F. The zero-order valence-corrected chi connectivity index (χ0v) is 15.2. The van der Waals surface area contributed by atoms with E-state index < -0.39 is 13.2 Å². The summed E-state index contributed by atoms with van der Waals surface area (Å²) in [7, 11) is 1.37. The maximum atomic E-state index is 12.5. The molecule has 2 rings (SSSR count). The molecule has 1 N–H and O–H groups in total. The fourth-order valence-corrected chi connectivity index (χ4v) is 2.79. The molecule has 0 aliphatic rings. The summed E-state index contributed by atoms with van der Waals surface area (Å²) in [6.45, 7) is -1.55. The smallest absolute Gasteiger partial charge is 0.387 e. The monoisotopic (exact) mass is 387 g/mol. The van der Waals surface area contributed by atoms with Crippen molar-refractivity contribution in [2.45, 2.75) is 40.2 Å². The van der Waals surface area contributed by atoms with Gasteiger partial charge in [-0.1, -0.05) is 18.2 Å². The minimum atomic E-state index is -2.94. The molecule has 0 unspecified atom stereocenters. The molecule has 2 aromatic rings. The number of methoxy groups -OCH3 is 1. The number of hydrogen-bond acceptors (Lipinski definition) is 4. The summed E-state index contributed by atoms with van der Waals surface area (Å²) in [5.41, 5.74) is 2.86. The van der Waals surface area contributed by atoms with Gasteiger partial charge in [0.1, 0.15) is 5.75 Å². The number of ether oxygens (including phenoxy) is 3. The summed E-state index contributed by atoms with van der Waals surface area (Å²) in [5.74, 6) is 0.365. The van der Waals surface area contributed by atoms with Crippen LogP contribution in [-0.2, 0) is 13.1 Å². The van der Waals surface area contributed by atoms with Crippen molar-refractivity contribution in [1.29, 1.82) is 0 Å². The summed E-state index contributed by atoms with van der Waals surface area (Å²) in [4.78, 5) is 0. The Morgan fingerprint density at radius 1 is 0.815 bits per heavy atom. The summed E-state index contributed by atoms with van der Waals surface area (Å²) in [5, 5.41) is 3.18. The molecule has 8 heteroatoms. The first kappa shape index (κ1) is 20.8. The van der Waals surface area contributed by atoms with Crippen LogP contribution in [0.1, 0.15) is 22.3 Å². The molecule has 0 radical (unpaired) electrons. The lowest BCUT2D eigenvalue weighted by Gasteiger charge is -2.14. The number of aryl methyl sites for hydroxylation is 2. The Morgan fingerprint density at radius 3 is 1.96 bits per heavy atom. The molecule has 0 spiro atoms. The van der Waals surface area contributed by atoms with Gasteiger partial charge in [0.15, 0.2) is 11.5 Å². The van der Waals surface area contributed by atoms with Crippen LogP contribution < -0.4 is 19.5 Å². The van der Waals surface area contributed by atoms with Gasteiger partial charge in [-0.15, -0.1) is 0 Å². The zero-order chi connectivity index (χ0) is 20.0. The van der Waals surface area contributed by atoms with Gasteiger partial charge in [-0.2, -0.15) is 17.6 Å². The first-order valence-electron chi connectivity index (χ1n) is 8.17. The standard InChI is InChI=1S/C19H21F4NO3/c1-11-6-14(7-12(2)17(11)27-19(22)23)10-24-9-13-4-5-15(25-3)16(8-13)26-18(20)21/h4-8,18-19,24H,9-10H2,1-3H3. The molecule has 0 aliphatic heterocycles. The molecular formula is C19H21F4NO3. The van der Waals surface area contributed by atoms with Crippen molar-refractivity contribution < 1.29 is 31.8 Å². The summed E-state index contributed by atoms with van der Waals surface area (Å²) >= 11 is 0. The molecule has 0 fully saturated rings. The Kier molecular flexibility index (Phi) is 7.29. The maximum absolute atomic E-state index is 12.5. The number of rotatable bonds is 9. The van der Waals surface area contributed by atoms with E-state index in [1.54, 1.807) is 38.1 Å². The van der Waals surface area contributed by atoms with Crippen LogP contribution in [0.5, 0.6) is 17.2 Å². The van der Waals surface area contributed by atoms with Crippen LogP contribution >= 0.6 is 0 Å². The van der Waals surface area contributed by atoms with E-state index in [-0.39, 0.29) is 17.2 Å². The minimum Gasteiger partial charge on any atom is -0.493 e. The van der Waals surface area contributed by atoms with E-state index in [2.05, 4.69) is 14.8 Å². The number of benzene rings is 2. The third kappa shape index (κ3) is 6.02. The van der Waals surface area contributed by atoms with Gasteiger partial charge in [0.05, 0.1) is 7.11 Å². The van der Waals surface area contributed by atoms with E-state index in [1.807, 2.05) is 0 Å². The molecule has 0 bridgehead atoms. The Balaban J connectivity index is 2.02. The van der Waals surface area contributed by atoms with Gasteiger partial charge in [-0.05, 0) is 48.2 Å². The highest BCUT2D eigenvalue weighted by Crippen LogP contribution is 2.30. The molecule has 0 aromatic heterocycles. The maximum Gasteiger partial charge on any atom is 0.387 e. The highest BCUT2D eigenvalue weighted by atomic mass is 19.3. The van der Waals surface area contributed by atoms with Crippen molar-refractivity contribution in [2.24, 2.45) is 0 Å². The fourth-order valence-electron chi connectivity index (χ4n) is 2.79. The van der Waals surface area contributed by atoms with Crippen LogP contribution in [0.4, 0.5) is 17.6 Å². The topological polar surface area (TPSA) is 39.7 Å². The number of halogens is 4. The van der Waals surface area contributed by atoms with E-state index in [4.69, 9.17) is 4.74 Å². The second kappa shape index (κ2) is 9.45. The van der Waals surface area contributed by atoms with Gasteiger partial charge in [0, 0.05) is 13.1 Å². The van der Waals surface area contributed by atoms with Gasteiger partial charge < -0.3 is 19.5 Å². The summed E-state index contributed by atoms with van der Waals surface area (Å²) in [6.07, 6.45) is 0. The van der Waals surface area contributed by atoms with Gasteiger partial charge in [0.2, 0.25) is 0 Å². The lowest BCUT2D eigenvalue weighted by atomic mass is 10.1. The summed E-state index contributed by atoms with van der Waals surface area (Å²) < 4.78 is 63.8. The highest BCUT2D eigenvalue weighted by Gasteiger charge is 2.13. The van der Waals surface area contributed by atoms with Crippen LogP contribution in [0.25, 0.3) is 0 Å². The molecule has 2 aromatic carbocycles. The Labute approximate surface area is 155 Å². The van der Waals surface area contributed by atoms with E-state index in [0.29, 0.717) is 24.2 Å². The average molecular weight is 387 g/mol. The van der Waals surface area contributed by atoms with E-state index >= 15 is 0 Å². The van der Waals surface area contributed by atoms with Crippen molar-refractivity contribution >= 4 is 0 Å². The van der Waals surface area contributed by atoms with Crippen LogP contribution in [0.3, 0.4) is 0 Å². The van der Waals surface area contributed by atoms with Crippen LogP contribution in [-0.4, -0.2) is 20.3 Å². The second-order valence-electron chi connectivity index (χ2n) is 5.90. The molecule has 148 valence electrons. The van der Waals surface area contributed by atoms with Gasteiger partial charge in [-0.3, -0.25) is 0 Å². The number of alkyl halides is 4. The van der Waals surface area contributed by atoms with Crippen molar-refractivity contribution in [3.05, 3.63) is 52.6 Å². The molecule has 4 nitrogen and oxygen atoms in total. The van der Waals surface area contributed by atoms with E-state index in [9.17, 15) is 17.6 Å².